The maximum absolute atomic E-state index is 12.0. The minimum Gasteiger partial charge on any atom is -0.481 e. The number of aromatic nitrogens is 1. The molecule has 6 heteroatoms. The predicted molar refractivity (Wildman–Crippen MR) is 59.6 cm³/mol. The van der Waals surface area contributed by atoms with E-state index in [1.54, 1.807) is 20.8 Å². The number of nitrogens with zero attached hydrogens (tertiary/aromatic N) is 2. The van der Waals surface area contributed by atoms with E-state index in [-0.39, 0.29) is 18.2 Å². The number of carbonyl (C=O) groups is 2. The first-order valence-corrected chi connectivity index (χ1v) is 5.40. The SMILES string of the molecule is CCN(CC(C)C(=O)O)C(=O)c1oncc1C. The van der Waals surface area contributed by atoms with Crippen molar-refractivity contribution in [2.24, 2.45) is 5.92 Å². The molecule has 1 atom stereocenters. The first-order valence-electron chi connectivity index (χ1n) is 5.40. The maximum Gasteiger partial charge on any atom is 0.308 e. The number of carboxylic acids is 1. The first kappa shape index (κ1) is 13.2. The van der Waals surface area contributed by atoms with Gasteiger partial charge in [0, 0.05) is 18.7 Å². The molecule has 6 nitrogen and oxygen atoms in total. The number of hydrogen-bond acceptors (Lipinski definition) is 4. The van der Waals surface area contributed by atoms with E-state index in [1.807, 2.05) is 0 Å². The van der Waals surface area contributed by atoms with Crippen molar-refractivity contribution in [3.63, 3.8) is 0 Å². The summed E-state index contributed by atoms with van der Waals surface area (Å²) in [6.07, 6.45) is 1.46. The number of rotatable bonds is 5. The first-order chi connectivity index (χ1) is 7.97. The molecule has 0 saturated heterocycles. The largest absolute Gasteiger partial charge is 0.481 e. The van der Waals surface area contributed by atoms with Gasteiger partial charge in [-0.05, 0) is 13.8 Å². The lowest BCUT2D eigenvalue weighted by atomic mass is 10.1. The van der Waals surface area contributed by atoms with Gasteiger partial charge in [-0.15, -0.1) is 0 Å². The molecule has 1 aromatic heterocycles. The van der Waals surface area contributed by atoms with Gasteiger partial charge in [-0.1, -0.05) is 12.1 Å². The summed E-state index contributed by atoms with van der Waals surface area (Å²) in [4.78, 5) is 24.2. The number of amides is 1. The second kappa shape index (κ2) is 5.47. The zero-order chi connectivity index (χ0) is 13.0. The quantitative estimate of drug-likeness (QED) is 0.835. The van der Waals surface area contributed by atoms with Gasteiger partial charge in [0.15, 0.2) is 0 Å². The van der Waals surface area contributed by atoms with Crippen LogP contribution in [-0.2, 0) is 4.79 Å². The van der Waals surface area contributed by atoms with Crippen LogP contribution < -0.4 is 0 Å². The molecule has 0 spiro atoms. The Labute approximate surface area is 99.2 Å². The lowest BCUT2D eigenvalue weighted by Crippen LogP contribution is -2.36. The van der Waals surface area contributed by atoms with E-state index in [2.05, 4.69) is 5.16 Å². The van der Waals surface area contributed by atoms with Crippen molar-refractivity contribution in [3.05, 3.63) is 17.5 Å². The van der Waals surface area contributed by atoms with E-state index in [0.29, 0.717) is 12.1 Å². The summed E-state index contributed by atoms with van der Waals surface area (Å²) in [5, 5.41) is 12.4. The Kier molecular flexibility index (Phi) is 4.25. The summed E-state index contributed by atoms with van der Waals surface area (Å²) in [6, 6.07) is 0. The van der Waals surface area contributed by atoms with E-state index in [0.717, 1.165) is 0 Å². The Hall–Kier alpha value is -1.85. The highest BCUT2D eigenvalue weighted by molar-refractivity contribution is 5.92. The molecule has 1 aromatic rings. The van der Waals surface area contributed by atoms with Crippen LogP contribution >= 0.6 is 0 Å². The molecule has 0 aliphatic rings. The number of aryl methyl sites for hydroxylation is 1. The number of aliphatic carboxylic acids is 1. The lowest BCUT2D eigenvalue weighted by Gasteiger charge is -2.21. The molecule has 0 bridgehead atoms. The number of carbonyl (C=O) groups excluding carboxylic acids is 1. The molecule has 1 amide bonds. The van der Waals surface area contributed by atoms with Crippen molar-refractivity contribution in [2.75, 3.05) is 13.1 Å². The Balaban J connectivity index is 2.78. The Morgan fingerprint density at radius 1 is 1.59 bits per heavy atom. The van der Waals surface area contributed by atoms with Crippen LogP contribution in [-0.4, -0.2) is 40.1 Å². The molecule has 0 aromatic carbocycles. The lowest BCUT2D eigenvalue weighted by molar-refractivity contribution is -0.141. The van der Waals surface area contributed by atoms with Gasteiger partial charge in [0.1, 0.15) is 0 Å². The Morgan fingerprint density at radius 2 is 2.24 bits per heavy atom. The summed E-state index contributed by atoms with van der Waals surface area (Å²) in [5.74, 6) is -1.69. The molecular formula is C11H16N2O4. The summed E-state index contributed by atoms with van der Waals surface area (Å²) >= 11 is 0. The van der Waals surface area contributed by atoms with Crippen LogP contribution in [0.1, 0.15) is 30.0 Å². The van der Waals surface area contributed by atoms with Crippen molar-refractivity contribution in [2.45, 2.75) is 20.8 Å². The van der Waals surface area contributed by atoms with Gasteiger partial charge in [0.25, 0.3) is 5.91 Å². The molecular weight excluding hydrogens is 224 g/mol. The van der Waals surface area contributed by atoms with E-state index in [1.165, 1.54) is 11.1 Å². The summed E-state index contributed by atoms with van der Waals surface area (Å²) in [7, 11) is 0. The van der Waals surface area contributed by atoms with Crippen molar-refractivity contribution in [3.8, 4) is 0 Å². The Morgan fingerprint density at radius 3 is 2.65 bits per heavy atom. The van der Waals surface area contributed by atoms with Crippen molar-refractivity contribution < 1.29 is 19.2 Å². The van der Waals surface area contributed by atoms with Crippen molar-refractivity contribution in [1.82, 2.24) is 10.1 Å². The molecule has 1 unspecified atom stereocenters. The molecule has 0 radical (unpaired) electrons. The fourth-order valence-electron chi connectivity index (χ4n) is 1.40. The van der Waals surface area contributed by atoms with E-state index >= 15 is 0 Å². The van der Waals surface area contributed by atoms with Gasteiger partial charge in [0.2, 0.25) is 5.76 Å². The van der Waals surface area contributed by atoms with Gasteiger partial charge < -0.3 is 14.5 Å². The van der Waals surface area contributed by atoms with E-state index < -0.39 is 11.9 Å². The van der Waals surface area contributed by atoms with Gasteiger partial charge in [0.05, 0.1) is 12.1 Å². The van der Waals surface area contributed by atoms with Gasteiger partial charge in [-0.2, -0.15) is 0 Å². The molecule has 1 N–H and O–H groups in total. The fraction of sp³-hybridized carbons (Fsp3) is 0.545. The second-order valence-corrected chi connectivity index (χ2v) is 3.92. The van der Waals surface area contributed by atoms with Crippen LogP contribution in [0.15, 0.2) is 10.7 Å². The predicted octanol–water partition coefficient (Wildman–Crippen LogP) is 1.17. The van der Waals surface area contributed by atoms with Crippen LogP contribution in [0.4, 0.5) is 0 Å². The van der Waals surface area contributed by atoms with Crippen LogP contribution in [0.3, 0.4) is 0 Å². The van der Waals surface area contributed by atoms with Gasteiger partial charge >= 0.3 is 5.97 Å². The van der Waals surface area contributed by atoms with Crippen molar-refractivity contribution in [1.29, 1.82) is 0 Å². The minimum absolute atomic E-state index is 0.158. The van der Waals surface area contributed by atoms with E-state index in [9.17, 15) is 9.59 Å². The molecule has 94 valence electrons. The number of hydrogen-bond donors (Lipinski definition) is 1. The Bertz CT molecular complexity index is 413. The third-order valence-corrected chi connectivity index (χ3v) is 2.53. The third kappa shape index (κ3) is 3.05. The molecule has 0 aliphatic heterocycles. The van der Waals surface area contributed by atoms with Crippen LogP contribution in [0.5, 0.6) is 0 Å². The molecule has 0 aliphatic carbocycles. The van der Waals surface area contributed by atoms with Crippen LogP contribution in [0.25, 0.3) is 0 Å². The minimum atomic E-state index is -0.925. The molecule has 17 heavy (non-hydrogen) atoms. The zero-order valence-corrected chi connectivity index (χ0v) is 10.1. The van der Waals surface area contributed by atoms with Gasteiger partial charge in [-0.3, -0.25) is 9.59 Å². The van der Waals surface area contributed by atoms with E-state index in [4.69, 9.17) is 9.63 Å². The maximum atomic E-state index is 12.0. The smallest absolute Gasteiger partial charge is 0.308 e. The highest BCUT2D eigenvalue weighted by Crippen LogP contribution is 2.11. The summed E-state index contributed by atoms with van der Waals surface area (Å²) in [5.41, 5.74) is 0.649. The normalized spacial score (nSPS) is 12.2. The van der Waals surface area contributed by atoms with Gasteiger partial charge in [-0.25, -0.2) is 0 Å². The molecule has 0 fully saturated rings. The average molecular weight is 240 g/mol. The standard InChI is InChI=1S/C11H16N2O4/c1-4-13(6-8(3)11(15)16)10(14)9-7(2)5-12-17-9/h5,8H,4,6H2,1-3H3,(H,15,16). The summed E-state index contributed by atoms with van der Waals surface area (Å²) < 4.78 is 4.86. The highest BCUT2D eigenvalue weighted by atomic mass is 16.5. The monoisotopic (exact) mass is 240 g/mol. The average Bonchev–Trinajstić information content (AvgIpc) is 2.70. The highest BCUT2D eigenvalue weighted by Gasteiger charge is 2.24. The molecule has 1 rings (SSSR count). The molecule has 1 heterocycles. The topological polar surface area (TPSA) is 83.6 Å². The molecule has 0 saturated carbocycles. The zero-order valence-electron chi connectivity index (χ0n) is 10.1. The second-order valence-electron chi connectivity index (χ2n) is 3.92. The third-order valence-electron chi connectivity index (χ3n) is 2.53. The number of carboxylic acid groups (broad SMARTS) is 1. The van der Waals surface area contributed by atoms with Crippen LogP contribution in [0, 0.1) is 12.8 Å². The fourth-order valence-corrected chi connectivity index (χ4v) is 1.40. The van der Waals surface area contributed by atoms with Crippen molar-refractivity contribution >= 4 is 11.9 Å². The summed E-state index contributed by atoms with van der Waals surface area (Å²) in [6.45, 7) is 5.66. The van der Waals surface area contributed by atoms with Crippen LogP contribution in [0.2, 0.25) is 0 Å².